The molecule has 2 N–H and O–H groups in total. The fourth-order valence-electron chi connectivity index (χ4n) is 2.03. The summed E-state index contributed by atoms with van der Waals surface area (Å²) < 4.78 is 0.787. The van der Waals surface area contributed by atoms with Gasteiger partial charge in [-0.3, -0.25) is 4.79 Å². The van der Waals surface area contributed by atoms with Gasteiger partial charge in [-0.1, -0.05) is 66.2 Å². The summed E-state index contributed by atoms with van der Waals surface area (Å²) in [5.41, 5.74) is 0.913. The lowest BCUT2D eigenvalue weighted by molar-refractivity contribution is -0.119. The second-order valence-electron chi connectivity index (χ2n) is 5.25. The highest BCUT2D eigenvalue weighted by Gasteiger charge is 2.13. The van der Waals surface area contributed by atoms with Gasteiger partial charge in [-0.05, 0) is 25.0 Å². The molecule has 1 amide bonds. The molecule has 2 aromatic rings. The number of carbonyl (C=O) groups is 1. The van der Waals surface area contributed by atoms with Crippen LogP contribution in [0.2, 0.25) is 5.02 Å². The van der Waals surface area contributed by atoms with E-state index in [-0.39, 0.29) is 11.9 Å². The van der Waals surface area contributed by atoms with Crippen molar-refractivity contribution in [3.63, 3.8) is 0 Å². The van der Waals surface area contributed by atoms with E-state index in [1.807, 2.05) is 31.2 Å². The van der Waals surface area contributed by atoms with Crippen molar-refractivity contribution in [2.24, 2.45) is 0 Å². The molecule has 0 aliphatic rings. The quantitative estimate of drug-likeness (QED) is 0.496. The lowest BCUT2D eigenvalue weighted by atomic mass is 10.1. The molecule has 0 aliphatic heterocycles. The van der Waals surface area contributed by atoms with Crippen molar-refractivity contribution < 1.29 is 4.79 Å². The topological polar surface area (TPSA) is 66.9 Å². The second kappa shape index (κ2) is 9.86. The fourth-order valence-corrected chi connectivity index (χ4v) is 3.91. The average Bonchev–Trinajstić information content (AvgIpc) is 3.01. The van der Waals surface area contributed by atoms with E-state index < -0.39 is 0 Å². The molecule has 1 aromatic heterocycles. The third-order valence-corrected chi connectivity index (χ3v) is 5.65. The van der Waals surface area contributed by atoms with E-state index in [1.165, 1.54) is 23.1 Å². The van der Waals surface area contributed by atoms with Crippen molar-refractivity contribution in [3.8, 4) is 0 Å². The molecule has 1 aromatic carbocycles. The molecule has 24 heavy (non-hydrogen) atoms. The molecule has 1 heterocycles. The number of thioether (sulfide) groups is 1. The van der Waals surface area contributed by atoms with Crippen molar-refractivity contribution in [3.05, 3.63) is 34.9 Å². The van der Waals surface area contributed by atoms with Crippen LogP contribution in [0.5, 0.6) is 0 Å². The minimum absolute atomic E-state index is 0.0527. The van der Waals surface area contributed by atoms with Gasteiger partial charge in [0, 0.05) is 11.6 Å². The van der Waals surface area contributed by atoms with Crippen LogP contribution < -0.4 is 10.6 Å². The number of carbonyl (C=O) groups excluding carboxylic acids is 1. The van der Waals surface area contributed by atoms with Gasteiger partial charge in [-0.2, -0.15) is 0 Å². The SMILES string of the molecule is CCCCNc1nnc(SCC(=O)NC(C)c2ccccc2Cl)s1. The molecule has 0 fully saturated rings. The Hall–Kier alpha value is -1.31. The molecule has 5 nitrogen and oxygen atoms in total. The van der Waals surface area contributed by atoms with E-state index in [0.29, 0.717) is 10.8 Å². The number of nitrogens with one attached hydrogen (secondary N) is 2. The lowest BCUT2D eigenvalue weighted by Gasteiger charge is -2.15. The summed E-state index contributed by atoms with van der Waals surface area (Å²) in [5, 5.41) is 15.8. The summed E-state index contributed by atoms with van der Waals surface area (Å²) in [6.07, 6.45) is 2.24. The second-order valence-corrected chi connectivity index (χ2v) is 7.86. The molecule has 0 spiro atoms. The minimum Gasteiger partial charge on any atom is -0.360 e. The van der Waals surface area contributed by atoms with Crippen LogP contribution >= 0.6 is 34.7 Å². The number of unbranched alkanes of at least 4 members (excludes halogenated alkanes) is 1. The van der Waals surface area contributed by atoms with Gasteiger partial charge in [0.2, 0.25) is 11.0 Å². The maximum Gasteiger partial charge on any atom is 0.230 e. The fraction of sp³-hybridized carbons (Fsp3) is 0.438. The van der Waals surface area contributed by atoms with Crippen LogP contribution in [0.15, 0.2) is 28.6 Å². The molecular weight excluding hydrogens is 364 g/mol. The van der Waals surface area contributed by atoms with Gasteiger partial charge in [0.1, 0.15) is 0 Å². The molecule has 0 aliphatic carbocycles. The number of anilines is 1. The molecule has 0 saturated heterocycles. The zero-order valence-corrected chi connectivity index (χ0v) is 16.1. The summed E-state index contributed by atoms with van der Waals surface area (Å²) in [6.45, 7) is 4.96. The first-order valence-corrected chi connectivity index (χ1v) is 10.0. The van der Waals surface area contributed by atoms with Crippen molar-refractivity contribution >= 4 is 45.7 Å². The first-order valence-electron chi connectivity index (χ1n) is 7.84. The summed E-state index contributed by atoms with van der Waals surface area (Å²) >= 11 is 9.01. The third kappa shape index (κ3) is 5.96. The van der Waals surface area contributed by atoms with E-state index >= 15 is 0 Å². The third-order valence-electron chi connectivity index (χ3n) is 3.29. The first kappa shape index (κ1) is 19.0. The van der Waals surface area contributed by atoms with Gasteiger partial charge >= 0.3 is 0 Å². The Labute approximate surface area is 155 Å². The average molecular weight is 385 g/mol. The Kier molecular flexibility index (Phi) is 7.81. The van der Waals surface area contributed by atoms with Gasteiger partial charge in [0.25, 0.3) is 0 Å². The van der Waals surface area contributed by atoms with Crippen molar-refractivity contribution in [1.82, 2.24) is 15.5 Å². The largest absolute Gasteiger partial charge is 0.360 e. The van der Waals surface area contributed by atoms with Gasteiger partial charge in [-0.15, -0.1) is 10.2 Å². The van der Waals surface area contributed by atoms with Crippen molar-refractivity contribution in [2.45, 2.75) is 37.1 Å². The van der Waals surface area contributed by atoms with E-state index in [9.17, 15) is 4.79 Å². The van der Waals surface area contributed by atoms with Gasteiger partial charge < -0.3 is 10.6 Å². The van der Waals surface area contributed by atoms with Gasteiger partial charge in [0.05, 0.1) is 11.8 Å². The van der Waals surface area contributed by atoms with E-state index in [4.69, 9.17) is 11.6 Å². The number of rotatable bonds is 9. The van der Waals surface area contributed by atoms with Crippen LogP contribution in [-0.2, 0) is 4.79 Å². The predicted octanol–water partition coefficient (Wildman–Crippen LogP) is 4.37. The minimum atomic E-state index is -0.132. The standard InChI is InChI=1S/C16H21ClN4OS2/c1-3-4-9-18-15-20-21-16(24-15)23-10-14(22)19-11(2)12-7-5-6-8-13(12)17/h5-8,11H,3-4,9-10H2,1-2H3,(H,18,20)(H,19,22). The maximum atomic E-state index is 12.1. The van der Waals surface area contributed by atoms with E-state index in [0.717, 1.165) is 34.4 Å². The molecule has 1 unspecified atom stereocenters. The summed E-state index contributed by atoms with van der Waals surface area (Å²) in [4.78, 5) is 12.1. The number of hydrogen-bond acceptors (Lipinski definition) is 6. The van der Waals surface area contributed by atoms with Crippen LogP contribution in [0, 0.1) is 0 Å². The van der Waals surface area contributed by atoms with Crippen LogP contribution in [-0.4, -0.2) is 28.4 Å². The summed E-state index contributed by atoms with van der Waals surface area (Å²) in [6, 6.07) is 7.39. The number of hydrogen-bond donors (Lipinski definition) is 2. The van der Waals surface area contributed by atoms with Crippen LogP contribution in [0.4, 0.5) is 5.13 Å². The lowest BCUT2D eigenvalue weighted by Crippen LogP contribution is -2.28. The first-order chi connectivity index (χ1) is 11.6. The van der Waals surface area contributed by atoms with E-state index in [1.54, 1.807) is 0 Å². The van der Waals surface area contributed by atoms with Crippen LogP contribution in [0.3, 0.4) is 0 Å². The molecule has 0 saturated carbocycles. The number of amides is 1. The number of benzene rings is 1. The van der Waals surface area contributed by atoms with Crippen LogP contribution in [0.1, 0.15) is 38.3 Å². The van der Waals surface area contributed by atoms with Crippen molar-refractivity contribution in [2.75, 3.05) is 17.6 Å². The molecule has 130 valence electrons. The van der Waals surface area contributed by atoms with Gasteiger partial charge in [0.15, 0.2) is 4.34 Å². The smallest absolute Gasteiger partial charge is 0.230 e. The highest BCUT2D eigenvalue weighted by molar-refractivity contribution is 8.01. The Morgan fingerprint density at radius 2 is 2.17 bits per heavy atom. The molecule has 8 heteroatoms. The number of aromatic nitrogens is 2. The molecule has 0 bridgehead atoms. The molecule has 2 rings (SSSR count). The number of halogens is 1. The molecule has 1 atom stereocenters. The van der Waals surface area contributed by atoms with E-state index in [2.05, 4.69) is 27.8 Å². The van der Waals surface area contributed by atoms with Crippen molar-refractivity contribution in [1.29, 1.82) is 0 Å². The Morgan fingerprint density at radius 1 is 1.38 bits per heavy atom. The zero-order valence-electron chi connectivity index (χ0n) is 13.7. The number of nitrogens with zero attached hydrogens (tertiary/aromatic N) is 2. The Morgan fingerprint density at radius 3 is 2.92 bits per heavy atom. The zero-order chi connectivity index (χ0) is 17.4. The normalized spacial score (nSPS) is 12.0. The Bertz CT molecular complexity index is 665. The highest BCUT2D eigenvalue weighted by atomic mass is 35.5. The summed E-state index contributed by atoms with van der Waals surface area (Å²) in [7, 11) is 0. The summed E-state index contributed by atoms with van der Waals surface area (Å²) in [5.74, 6) is 0.251. The predicted molar refractivity (Wildman–Crippen MR) is 102 cm³/mol. The molecular formula is C16H21ClN4OS2. The van der Waals surface area contributed by atoms with Gasteiger partial charge in [-0.25, -0.2) is 0 Å². The Balaban J connectivity index is 1.78. The maximum absolute atomic E-state index is 12.1. The van der Waals surface area contributed by atoms with Crippen LogP contribution in [0.25, 0.3) is 0 Å². The monoisotopic (exact) mass is 384 g/mol. The highest BCUT2D eigenvalue weighted by Crippen LogP contribution is 2.26. The molecule has 0 radical (unpaired) electrons.